The first-order valence-electron chi connectivity index (χ1n) is 17.9. The third kappa shape index (κ3) is 12.3. The molecule has 14 heteroatoms. The molecular formula is C38H52N6O8. The number of hydrogen-bond donors (Lipinski definition) is 6. The molecule has 0 aromatic heterocycles. The van der Waals surface area contributed by atoms with Crippen LogP contribution in [0.3, 0.4) is 0 Å². The largest absolute Gasteiger partial charge is 0.394 e. The summed E-state index contributed by atoms with van der Waals surface area (Å²) in [5.41, 5.74) is 3.79. The van der Waals surface area contributed by atoms with Gasteiger partial charge in [-0.2, -0.15) is 0 Å². The molecule has 52 heavy (non-hydrogen) atoms. The van der Waals surface area contributed by atoms with Gasteiger partial charge in [0.1, 0.15) is 6.29 Å². The lowest BCUT2D eigenvalue weighted by molar-refractivity contribution is -0.125. The highest BCUT2D eigenvalue weighted by molar-refractivity contribution is 6.02. The number of anilines is 2. The van der Waals surface area contributed by atoms with Gasteiger partial charge in [0, 0.05) is 81.3 Å². The summed E-state index contributed by atoms with van der Waals surface area (Å²) in [6.07, 6.45) is 7.21. The first-order valence-corrected chi connectivity index (χ1v) is 17.9. The van der Waals surface area contributed by atoms with E-state index in [-0.39, 0.29) is 62.1 Å². The second-order valence-electron chi connectivity index (χ2n) is 12.9. The quantitative estimate of drug-likeness (QED) is 0.0702. The Balaban J connectivity index is 1.43. The molecule has 3 rings (SSSR count). The molecule has 2 atom stereocenters. The lowest BCUT2D eigenvalue weighted by Crippen LogP contribution is -2.39. The number of nitrogens with one attached hydrogen (secondary N) is 5. The molecule has 0 bridgehead atoms. The van der Waals surface area contributed by atoms with Crippen LogP contribution in [0.4, 0.5) is 11.4 Å². The average molecular weight is 721 g/mol. The summed E-state index contributed by atoms with van der Waals surface area (Å²) in [7, 11) is 3.08. The van der Waals surface area contributed by atoms with Gasteiger partial charge in [-0.05, 0) is 61.4 Å². The normalized spacial score (nSPS) is 13.1. The Labute approximate surface area is 304 Å². The van der Waals surface area contributed by atoms with Crippen molar-refractivity contribution in [3.63, 3.8) is 0 Å². The van der Waals surface area contributed by atoms with Crippen LogP contribution in [0, 0.1) is 5.92 Å². The second-order valence-corrected chi connectivity index (χ2v) is 12.9. The van der Waals surface area contributed by atoms with Crippen molar-refractivity contribution in [1.29, 1.82) is 0 Å². The molecular weight excluding hydrogens is 668 g/mol. The zero-order valence-corrected chi connectivity index (χ0v) is 30.1. The van der Waals surface area contributed by atoms with Crippen LogP contribution in [-0.2, 0) is 48.3 Å². The van der Waals surface area contributed by atoms with Gasteiger partial charge in [0.2, 0.25) is 30.0 Å². The van der Waals surface area contributed by atoms with Crippen LogP contribution in [0.5, 0.6) is 0 Å². The zero-order chi connectivity index (χ0) is 37.9. The Morgan fingerprint density at radius 2 is 1.48 bits per heavy atom. The maximum absolute atomic E-state index is 13.1. The highest BCUT2D eigenvalue weighted by Crippen LogP contribution is 2.32. The van der Waals surface area contributed by atoms with Gasteiger partial charge in [-0.1, -0.05) is 37.5 Å². The second kappa shape index (κ2) is 22.0. The standard InChI is InChI=1S/C38H52N6O8/c1-39-34(48)19-18-28(24-46)44-23-31-29(38(44)52)13-9-15-33(31)43-36(50)17-7-5-3-4-6-16-35(49)42-32-14-8-11-26(30(32)22-41-25-47)21-27(12-10-20-45)37(51)40-2/h8-9,11,13-15,20,25,27-28,46H,3-7,10,12,16-19,21-24H2,1-2H3,(H,39,48)(H,40,51)(H,41,47)(H,42,49)(H,43,50). The molecule has 0 saturated carbocycles. The fourth-order valence-electron chi connectivity index (χ4n) is 6.42. The number of aliphatic hydroxyl groups is 1. The van der Waals surface area contributed by atoms with E-state index in [1.165, 1.54) is 7.05 Å². The van der Waals surface area contributed by atoms with Gasteiger partial charge < -0.3 is 41.4 Å². The molecule has 2 aromatic carbocycles. The predicted octanol–water partition coefficient (Wildman–Crippen LogP) is 2.97. The number of hydrogen-bond acceptors (Lipinski definition) is 8. The van der Waals surface area contributed by atoms with Gasteiger partial charge in [0.25, 0.3) is 5.91 Å². The van der Waals surface area contributed by atoms with E-state index in [0.717, 1.165) is 31.1 Å². The number of carbonyl (C=O) groups is 7. The van der Waals surface area contributed by atoms with E-state index in [1.54, 1.807) is 42.3 Å². The number of unbranched alkanes of at least 4 members (excludes halogenated alkanes) is 4. The Morgan fingerprint density at radius 1 is 0.827 bits per heavy atom. The molecule has 6 amide bonds. The molecule has 6 N–H and O–H groups in total. The number of aldehydes is 1. The summed E-state index contributed by atoms with van der Waals surface area (Å²) >= 11 is 0. The van der Waals surface area contributed by atoms with Crippen molar-refractivity contribution in [2.24, 2.45) is 5.92 Å². The summed E-state index contributed by atoms with van der Waals surface area (Å²) in [4.78, 5) is 86.5. The lowest BCUT2D eigenvalue weighted by atomic mass is 9.90. The molecule has 0 spiro atoms. The minimum Gasteiger partial charge on any atom is -0.394 e. The van der Waals surface area contributed by atoms with E-state index in [2.05, 4.69) is 26.6 Å². The number of rotatable bonds is 24. The molecule has 0 aliphatic carbocycles. The van der Waals surface area contributed by atoms with Gasteiger partial charge in [-0.3, -0.25) is 28.8 Å². The Hall–Kier alpha value is -5.11. The molecule has 2 unspecified atom stereocenters. The van der Waals surface area contributed by atoms with Crippen LogP contribution in [0.1, 0.15) is 97.7 Å². The minimum atomic E-state index is -0.513. The monoisotopic (exact) mass is 720 g/mol. The fourth-order valence-corrected chi connectivity index (χ4v) is 6.42. The summed E-state index contributed by atoms with van der Waals surface area (Å²) in [5.74, 6) is -1.35. The number of aliphatic hydroxyl groups excluding tert-OH is 1. The zero-order valence-electron chi connectivity index (χ0n) is 30.1. The fraction of sp³-hybridized carbons (Fsp3) is 0.500. The third-order valence-electron chi connectivity index (χ3n) is 9.34. The van der Waals surface area contributed by atoms with E-state index in [1.807, 2.05) is 6.07 Å². The summed E-state index contributed by atoms with van der Waals surface area (Å²) < 4.78 is 0. The van der Waals surface area contributed by atoms with Crippen molar-refractivity contribution in [2.45, 2.75) is 96.2 Å². The maximum atomic E-state index is 13.1. The first kappa shape index (κ1) is 41.3. The Bertz CT molecular complexity index is 1560. The van der Waals surface area contributed by atoms with Crippen molar-refractivity contribution in [3.8, 4) is 0 Å². The Kier molecular flexibility index (Phi) is 17.4. The first-order chi connectivity index (χ1) is 25.2. The highest BCUT2D eigenvalue weighted by Gasteiger charge is 2.34. The molecule has 0 radical (unpaired) electrons. The molecule has 0 fully saturated rings. The maximum Gasteiger partial charge on any atom is 0.254 e. The van der Waals surface area contributed by atoms with Crippen LogP contribution in [0.2, 0.25) is 0 Å². The number of benzene rings is 2. The minimum absolute atomic E-state index is 0.163. The van der Waals surface area contributed by atoms with Gasteiger partial charge in [-0.15, -0.1) is 0 Å². The van der Waals surface area contributed by atoms with Crippen LogP contribution in [0.25, 0.3) is 0 Å². The number of nitrogens with zero attached hydrogens (tertiary/aromatic N) is 1. The molecule has 282 valence electrons. The number of amides is 6. The molecule has 1 aliphatic rings. The summed E-state index contributed by atoms with van der Waals surface area (Å²) in [5, 5.41) is 23.6. The van der Waals surface area contributed by atoms with Gasteiger partial charge in [0.05, 0.1) is 12.6 Å². The van der Waals surface area contributed by atoms with Gasteiger partial charge in [-0.25, -0.2) is 0 Å². The van der Waals surface area contributed by atoms with Crippen LogP contribution < -0.4 is 26.6 Å². The van der Waals surface area contributed by atoms with Crippen molar-refractivity contribution in [1.82, 2.24) is 20.9 Å². The molecule has 14 nitrogen and oxygen atoms in total. The average Bonchev–Trinajstić information content (AvgIpc) is 3.48. The number of carbonyl (C=O) groups excluding carboxylic acids is 7. The van der Waals surface area contributed by atoms with Crippen LogP contribution in [-0.4, -0.2) is 79.0 Å². The van der Waals surface area contributed by atoms with E-state index >= 15 is 0 Å². The summed E-state index contributed by atoms with van der Waals surface area (Å²) in [6.45, 7) is 0.135. The third-order valence-corrected chi connectivity index (χ3v) is 9.34. The van der Waals surface area contributed by atoms with E-state index < -0.39 is 12.0 Å². The molecule has 2 aromatic rings. The van der Waals surface area contributed by atoms with Gasteiger partial charge >= 0.3 is 0 Å². The van der Waals surface area contributed by atoms with E-state index in [4.69, 9.17) is 0 Å². The van der Waals surface area contributed by atoms with Gasteiger partial charge in [0.15, 0.2) is 0 Å². The predicted molar refractivity (Wildman–Crippen MR) is 196 cm³/mol. The highest BCUT2D eigenvalue weighted by atomic mass is 16.3. The number of fused-ring (bicyclic) bond motifs is 1. The van der Waals surface area contributed by atoms with Crippen LogP contribution >= 0.6 is 0 Å². The van der Waals surface area contributed by atoms with Crippen molar-refractivity contribution in [2.75, 3.05) is 31.3 Å². The van der Waals surface area contributed by atoms with Crippen LogP contribution in [0.15, 0.2) is 36.4 Å². The van der Waals surface area contributed by atoms with E-state index in [9.17, 15) is 38.7 Å². The van der Waals surface area contributed by atoms with Crippen molar-refractivity contribution >= 4 is 53.6 Å². The van der Waals surface area contributed by atoms with E-state index in [0.29, 0.717) is 79.4 Å². The molecule has 1 aliphatic heterocycles. The van der Waals surface area contributed by atoms with Crippen molar-refractivity contribution in [3.05, 3.63) is 58.7 Å². The SMILES string of the molecule is CNC(=O)CCC(CO)N1Cc2c(NC(=O)CCCCCCCC(=O)Nc3cccc(CC(CCC=O)C(=O)NC)c3CNC=O)cccc2C1=O. The lowest BCUT2D eigenvalue weighted by Gasteiger charge is -2.26. The smallest absolute Gasteiger partial charge is 0.254 e. The summed E-state index contributed by atoms with van der Waals surface area (Å²) in [6, 6.07) is 10.1. The van der Waals surface area contributed by atoms with Crippen molar-refractivity contribution < 1.29 is 38.7 Å². The molecule has 0 saturated heterocycles. The topological polar surface area (TPSA) is 203 Å². The molecule has 1 heterocycles. The Morgan fingerprint density at radius 3 is 2.12 bits per heavy atom.